The van der Waals surface area contributed by atoms with Gasteiger partial charge in [-0.05, 0) is 0 Å². The lowest BCUT2D eigenvalue weighted by molar-refractivity contribution is 0.478. The first-order valence-corrected chi connectivity index (χ1v) is 7.35. The maximum Gasteiger partial charge on any atom is 0.213 e. The van der Waals surface area contributed by atoms with Crippen LogP contribution >= 0.6 is 22.4 Å². The maximum absolute atomic E-state index is 2.60. The maximum atomic E-state index is 2.60. The number of hydrogen-bond acceptors (Lipinski definition) is 0. The molecule has 3 heteroatoms. The molecule has 67 valence electrons. The van der Waals surface area contributed by atoms with E-state index >= 15 is 0 Å². The summed E-state index contributed by atoms with van der Waals surface area (Å²) in [7, 11) is 0.536. The number of hydrogen-bond donors (Lipinski definition) is 0. The van der Waals surface area contributed by atoms with Gasteiger partial charge in [0.15, 0.2) is 0 Å². The average Bonchev–Trinajstić information content (AvgIpc) is 1.85. The first kappa shape index (κ1) is 12.1. The Morgan fingerprint density at radius 2 is 1.64 bits per heavy atom. The molecule has 0 saturated heterocycles. The summed E-state index contributed by atoms with van der Waals surface area (Å²) in [4.78, 5) is 0. The molecule has 0 aromatic rings. The van der Waals surface area contributed by atoms with Gasteiger partial charge in [-0.1, -0.05) is 33.6 Å². The molecule has 0 rings (SSSR count). The van der Waals surface area contributed by atoms with Gasteiger partial charge < -0.3 is 22.4 Å². The van der Waals surface area contributed by atoms with Gasteiger partial charge in [0.25, 0.3) is 0 Å². The zero-order chi connectivity index (χ0) is 9.23. The van der Waals surface area contributed by atoms with Crippen molar-refractivity contribution < 1.29 is 0 Å². The van der Waals surface area contributed by atoms with Gasteiger partial charge in [0.05, 0.1) is 12.5 Å². The van der Waals surface area contributed by atoms with E-state index in [0.29, 0.717) is 16.1 Å². The van der Waals surface area contributed by atoms with Gasteiger partial charge in [0, 0.05) is 0 Å². The Bertz CT molecular complexity index is 123. The minimum Gasteiger partial charge on any atom is -0.312 e. The second-order valence-electron chi connectivity index (χ2n) is 4.17. The molecule has 0 spiro atoms. The highest BCUT2D eigenvalue weighted by Crippen LogP contribution is 2.41. The van der Waals surface area contributed by atoms with Crippen molar-refractivity contribution in [2.24, 2.45) is 5.92 Å². The van der Waals surface area contributed by atoms with Crippen LogP contribution in [0.3, 0.4) is 0 Å². The summed E-state index contributed by atoms with van der Waals surface area (Å²) in [6.07, 6.45) is 4.67. The highest BCUT2D eigenvalue weighted by molar-refractivity contribution is 14.1. The lowest BCUT2D eigenvalue weighted by atomic mass is 9.63. The fraction of sp³-hybridized carbons (Fsp3) is 1.00. The van der Waals surface area contributed by atoms with Crippen LogP contribution in [0.5, 0.6) is 0 Å². The smallest absolute Gasteiger partial charge is 0.213 e. The predicted octanol–water partition coefficient (Wildman–Crippen LogP) is 3.22. The van der Waals surface area contributed by atoms with E-state index < -0.39 is 0 Å². The molecule has 0 aliphatic carbocycles. The van der Waals surface area contributed by atoms with Crippen LogP contribution in [0.4, 0.5) is 0 Å². The van der Waals surface area contributed by atoms with E-state index in [1.807, 2.05) is 0 Å². The molecular weight excluding hydrogens is 266 g/mol. The molecule has 0 fully saturated rings. The van der Waals surface area contributed by atoms with Gasteiger partial charge in [-0.2, -0.15) is 0 Å². The Balaban J connectivity index is 4.29. The number of halogens is 1. The zero-order valence-corrected chi connectivity index (χ0v) is 11.4. The molecule has 0 aromatic carbocycles. The fourth-order valence-electron chi connectivity index (χ4n) is 0.870. The van der Waals surface area contributed by atoms with Gasteiger partial charge in [-0.15, -0.1) is 5.31 Å². The van der Waals surface area contributed by atoms with Crippen molar-refractivity contribution in [3.63, 3.8) is 0 Å². The van der Waals surface area contributed by atoms with E-state index in [1.165, 1.54) is 0 Å². The van der Waals surface area contributed by atoms with E-state index in [0.717, 1.165) is 9.77 Å². The minimum absolute atomic E-state index is 0.479. The van der Waals surface area contributed by atoms with Crippen LogP contribution in [0.1, 0.15) is 27.7 Å². The molecule has 0 aliphatic rings. The molecule has 0 saturated carbocycles. The van der Waals surface area contributed by atoms with Crippen molar-refractivity contribution in [2.75, 3.05) is 12.5 Å². The predicted molar refractivity (Wildman–Crippen MR) is 67.9 cm³/mol. The van der Waals surface area contributed by atoms with Gasteiger partial charge in [-0.3, -0.25) is 0 Å². The topological polar surface area (TPSA) is 0 Å². The Hall–Kier alpha value is 1.14. The van der Waals surface area contributed by atoms with E-state index in [2.05, 4.69) is 62.6 Å². The Morgan fingerprint density at radius 1 is 1.27 bits per heavy atom. The van der Waals surface area contributed by atoms with E-state index in [1.54, 1.807) is 0 Å². The summed E-state index contributed by atoms with van der Waals surface area (Å²) in [5.41, 5.74) is 0. The zero-order valence-electron chi connectivity index (χ0n) is 8.44. The standard InChI is InChI=1S/C8H19BIS/c1-7(2)8(3,4)9(10)11(5)6/h7H,1-6H3. The normalized spacial score (nSPS) is 13.6. The molecule has 0 aliphatic heterocycles. The van der Waals surface area contributed by atoms with Gasteiger partial charge in [0.2, 0.25) is 3.85 Å². The first-order chi connectivity index (χ1) is 4.80. The van der Waals surface area contributed by atoms with E-state index in [-0.39, 0.29) is 0 Å². The highest BCUT2D eigenvalue weighted by atomic mass is 127. The van der Waals surface area contributed by atoms with Crippen LogP contribution in [-0.2, 0) is 10.7 Å². The molecule has 0 atom stereocenters. The van der Waals surface area contributed by atoms with Crippen molar-refractivity contribution in [1.82, 2.24) is 0 Å². The first-order valence-electron chi connectivity index (χ1n) is 4.00. The lowest BCUT2D eigenvalue weighted by Gasteiger charge is -2.39. The summed E-state index contributed by atoms with van der Waals surface area (Å²) >= 11 is 2.60. The Kier molecular flexibility index (Phi) is 4.86. The molecule has 0 bridgehead atoms. The highest BCUT2D eigenvalue weighted by Gasteiger charge is 2.30. The lowest BCUT2D eigenvalue weighted by Crippen LogP contribution is -2.33. The third-order valence-electron chi connectivity index (χ3n) is 2.49. The van der Waals surface area contributed by atoms with Gasteiger partial charge in [-0.25, -0.2) is 10.7 Å². The summed E-state index contributed by atoms with van der Waals surface area (Å²) in [5, 5.41) is 0.479. The van der Waals surface area contributed by atoms with Crippen LogP contribution < -0.4 is 0 Å². The van der Waals surface area contributed by atoms with Crippen molar-refractivity contribution in [1.29, 1.82) is 0 Å². The fourth-order valence-corrected chi connectivity index (χ4v) is 3.08. The molecule has 1 radical (unpaired) electrons. The molecule has 11 heavy (non-hydrogen) atoms. The quantitative estimate of drug-likeness (QED) is 0.424. The molecule has 0 nitrogen and oxygen atoms in total. The Morgan fingerprint density at radius 3 is 1.73 bits per heavy atom. The van der Waals surface area contributed by atoms with Crippen LogP contribution in [0.15, 0.2) is 0 Å². The largest absolute Gasteiger partial charge is 0.312 e. The van der Waals surface area contributed by atoms with Gasteiger partial charge in [0.1, 0.15) is 0 Å². The molecule has 0 N–H and O–H groups in total. The molecular formula is C8H19BIS. The second kappa shape index (κ2) is 4.40. The third kappa shape index (κ3) is 3.17. The monoisotopic (exact) mass is 285 g/mol. The van der Waals surface area contributed by atoms with E-state index in [4.69, 9.17) is 0 Å². The van der Waals surface area contributed by atoms with Crippen LogP contribution in [0, 0.1) is 5.92 Å². The van der Waals surface area contributed by atoms with Crippen molar-refractivity contribution >= 4 is 37.0 Å². The Labute approximate surface area is 88.1 Å². The number of rotatable bonds is 3. The molecule has 0 unspecified atom stereocenters. The molecule has 0 aromatic heterocycles. The third-order valence-corrected chi connectivity index (χ3v) is 8.58. The molecule has 0 amide bonds. The molecule has 0 heterocycles. The van der Waals surface area contributed by atoms with Crippen molar-refractivity contribution in [3.8, 4) is 0 Å². The van der Waals surface area contributed by atoms with Crippen LogP contribution in [0.2, 0.25) is 5.31 Å². The minimum atomic E-state index is 0.479. The van der Waals surface area contributed by atoms with Crippen LogP contribution in [0.25, 0.3) is 0 Å². The van der Waals surface area contributed by atoms with E-state index in [9.17, 15) is 0 Å². The summed E-state index contributed by atoms with van der Waals surface area (Å²) < 4.78 is 0.806. The van der Waals surface area contributed by atoms with Crippen LogP contribution in [-0.4, -0.2) is 16.4 Å². The second-order valence-corrected chi connectivity index (χ2v) is 8.49. The van der Waals surface area contributed by atoms with Gasteiger partial charge >= 0.3 is 0 Å². The summed E-state index contributed by atoms with van der Waals surface area (Å²) in [5.74, 6) is 0.777. The summed E-state index contributed by atoms with van der Waals surface area (Å²) in [6, 6.07) is 0. The average molecular weight is 285 g/mol. The summed E-state index contributed by atoms with van der Waals surface area (Å²) in [6.45, 7) is 9.39. The van der Waals surface area contributed by atoms with Crippen molar-refractivity contribution in [2.45, 2.75) is 33.0 Å². The van der Waals surface area contributed by atoms with Crippen molar-refractivity contribution in [3.05, 3.63) is 0 Å². The SMILES string of the molecule is CC(C)C(C)(C)[B-](I)[S+](C)C.